The normalized spacial score (nSPS) is 10.4. The van der Waals surface area contributed by atoms with Gasteiger partial charge in [-0.2, -0.15) is 0 Å². The number of anilines is 2. The molecule has 0 bridgehead atoms. The molecule has 0 amide bonds. The zero-order chi connectivity index (χ0) is 13.1. The molecule has 1 aromatic carbocycles. The summed E-state index contributed by atoms with van der Waals surface area (Å²) in [6.45, 7) is 5.99. The Bertz CT molecular complexity index is 567. The lowest BCUT2D eigenvalue weighted by atomic mass is 10.2. The van der Waals surface area contributed by atoms with Crippen molar-refractivity contribution < 1.29 is 0 Å². The number of aryl methyl sites for hydroxylation is 2. The van der Waals surface area contributed by atoms with E-state index in [2.05, 4.69) is 34.3 Å². The van der Waals surface area contributed by atoms with Crippen molar-refractivity contribution in [2.24, 2.45) is 0 Å². The third-order valence-corrected chi connectivity index (χ3v) is 3.10. The Morgan fingerprint density at radius 1 is 1.22 bits per heavy atom. The maximum absolute atomic E-state index is 6.10. The van der Waals surface area contributed by atoms with Crippen molar-refractivity contribution in [1.82, 2.24) is 9.97 Å². The molecule has 0 saturated carbocycles. The van der Waals surface area contributed by atoms with Gasteiger partial charge in [0.25, 0.3) is 0 Å². The minimum atomic E-state index is 0.511. The number of nitrogens with one attached hydrogen (secondary N) is 1. The summed E-state index contributed by atoms with van der Waals surface area (Å²) in [6.07, 6.45) is 0.766. The second-order valence-electron chi connectivity index (χ2n) is 4.25. The van der Waals surface area contributed by atoms with Crippen LogP contribution < -0.4 is 5.32 Å². The number of aromatic nitrogens is 2. The van der Waals surface area contributed by atoms with Crippen LogP contribution in [-0.2, 0) is 6.42 Å². The highest BCUT2D eigenvalue weighted by molar-refractivity contribution is 6.30. The molecule has 1 aromatic heterocycles. The first kappa shape index (κ1) is 12.8. The van der Waals surface area contributed by atoms with Gasteiger partial charge in [0.1, 0.15) is 16.8 Å². The molecule has 0 aliphatic heterocycles. The summed E-state index contributed by atoms with van der Waals surface area (Å²) in [5, 5.41) is 3.80. The van der Waals surface area contributed by atoms with Crippen molar-refractivity contribution in [1.29, 1.82) is 0 Å². The Hall–Kier alpha value is -1.61. The molecule has 94 valence electrons. The summed E-state index contributed by atoms with van der Waals surface area (Å²) >= 11 is 6.10. The van der Waals surface area contributed by atoms with Gasteiger partial charge in [0.15, 0.2) is 0 Å². The number of rotatable bonds is 3. The van der Waals surface area contributed by atoms with Gasteiger partial charge in [0, 0.05) is 17.7 Å². The van der Waals surface area contributed by atoms with Crippen molar-refractivity contribution in [2.75, 3.05) is 5.32 Å². The molecular formula is C14H16ClN3. The van der Waals surface area contributed by atoms with Gasteiger partial charge in [-0.3, -0.25) is 0 Å². The van der Waals surface area contributed by atoms with E-state index in [1.54, 1.807) is 0 Å². The van der Waals surface area contributed by atoms with E-state index in [1.807, 2.05) is 26.0 Å². The second kappa shape index (κ2) is 5.36. The molecule has 2 aromatic rings. The molecule has 2 rings (SSSR count). The molecule has 0 atom stereocenters. The fourth-order valence-electron chi connectivity index (χ4n) is 1.67. The van der Waals surface area contributed by atoms with Crippen LogP contribution in [0.5, 0.6) is 0 Å². The Morgan fingerprint density at radius 3 is 2.67 bits per heavy atom. The zero-order valence-electron chi connectivity index (χ0n) is 10.8. The minimum Gasteiger partial charge on any atom is -0.340 e. The summed E-state index contributed by atoms with van der Waals surface area (Å²) in [4.78, 5) is 8.70. The molecule has 18 heavy (non-hydrogen) atoms. The van der Waals surface area contributed by atoms with Crippen LogP contribution in [0.15, 0.2) is 24.3 Å². The summed E-state index contributed by atoms with van der Waals surface area (Å²) < 4.78 is 0. The Labute approximate surface area is 112 Å². The molecule has 1 N–H and O–H groups in total. The predicted octanol–water partition coefficient (Wildman–Crippen LogP) is 4.05. The molecule has 1 heterocycles. The fourth-order valence-corrected chi connectivity index (χ4v) is 1.86. The lowest BCUT2D eigenvalue weighted by molar-refractivity contribution is 0.934. The van der Waals surface area contributed by atoms with Crippen LogP contribution in [0.4, 0.5) is 11.5 Å². The summed E-state index contributed by atoms with van der Waals surface area (Å²) in [7, 11) is 0. The smallest absolute Gasteiger partial charge is 0.138 e. The van der Waals surface area contributed by atoms with Crippen LogP contribution in [0.2, 0.25) is 5.15 Å². The molecule has 0 saturated heterocycles. The zero-order valence-corrected chi connectivity index (χ0v) is 11.5. The minimum absolute atomic E-state index is 0.511. The van der Waals surface area contributed by atoms with Crippen LogP contribution in [0.25, 0.3) is 0 Å². The van der Waals surface area contributed by atoms with E-state index in [4.69, 9.17) is 11.6 Å². The van der Waals surface area contributed by atoms with Gasteiger partial charge < -0.3 is 5.32 Å². The molecule has 0 aliphatic carbocycles. The van der Waals surface area contributed by atoms with Crippen molar-refractivity contribution in [3.63, 3.8) is 0 Å². The number of benzene rings is 1. The van der Waals surface area contributed by atoms with Gasteiger partial charge in [-0.05, 0) is 31.5 Å². The Balaban J connectivity index is 2.36. The van der Waals surface area contributed by atoms with Gasteiger partial charge in [-0.15, -0.1) is 0 Å². The molecule has 0 spiro atoms. The molecule has 0 fully saturated rings. The van der Waals surface area contributed by atoms with Gasteiger partial charge in [-0.25, -0.2) is 9.97 Å². The third-order valence-electron chi connectivity index (χ3n) is 2.73. The Morgan fingerprint density at radius 2 is 2.00 bits per heavy atom. The van der Waals surface area contributed by atoms with Gasteiger partial charge in [0.05, 0.1) is 0 Å². The number of hydrogen-bond donors (Lipinski definition) is 1. The average Bonchev–Trinajstić information content (AvgIpc) is 2.34. The highest BCUT2D eigenvalue weighted by Crippen LogP contribution is 2.23. The Kier molecular flexibility index (Phi) is 3.82. The van der Waals surface area contributed by atoms with Gasteiger partial charge in [0.2, 0.25) is 0 Å². The van der Waals surface area contributed by atoms with Crippen LogP contribution in [-0.4, -0.2) is 9.97 Å². The fraction of sp³-hybridized carbons (Fsp3) is 0.286. The lowest BCUT2D eigenvalue weighted by Crippen LogP contribution is -2.03. The lowest BCUT2D eigenvalue weighted by Gasteiger charge is -2.11. The van der Waals surface area contributed by atoms with E-state index in [0.29, 0.717) is 5.15 Å². The standard InChI is InChI=1S/C14H16ClN3/c1-4-12-17-13(15)10(3)14(18-12)16-11-7-5-6-9(2)8-11/h5-8H,4H2,1-3H3,(H,16,17,18). The van der Waals surface area contributed by atoms with Gasteiger partial charge >= 0.3 is 0 Å². The number of nitrogens with zero attached hydrogens (tertiary/aromatic N) is 2. The van der Waals surface area contributed by atoms with E-state index in [9.17, 15) is 0 Å². The van der Waals surface area contributed by atoms with E-state index < -0.39 is 0 Å². The summed E-state index contributed by atoms with van der Waals surface area (Å²) in [5.74, 6) is 1.53. The third kappa shape index (κ3) is 2.79. The number of halogens is 1. The maximum Gasteiger partial charge on any atom is 0.138 e. The van der Waals surface area contributed by atoms with E-state index in [1.165, 1.54) is 5.56 Å². The largest absolute Gasteiger partial charge is 0.340 e. The quantitative estimate of drug-likeness (QED) is 0.847. The average molecular weight is 262 g/mol. The molecule has 3 nitrogen and oxygen atoms in total. The monoisotopic (exact) mass is 261 g/mol. The van der Waals surface area contributed by atoms with Crippen LogP contribution >= 0.6 is 11.6 Å². The highest BCUT2D eigenvalue weighted by atomic mass is 35.5. The predicted molar refractivity (Wildman–Crippen MR) is 75.6 cm³/mol. The molecule has 4 heteroatoms. The molecular weight excluding hydrogens is 246 g/mol. The van der Waals surface area contributed by atoms with E-state index in [0.717, 1.165) is 29.3 Å². The first-order valence-corrected chi connectivity index (χ1v) is 6.34. The van der Waals surface area contributed by atoms with Crippen molar-refractivity contribution in [3.8, 4) is 0 Å². The molecule has 0 unspecified atom stereocenters. The first-order valence-electron chi connectivity index (χ1n) is 5.97. The van der Waals surface area contributed by atoms with E-state index in [-0.39, 0.29) is 0 Å². The highest BCUT2D eigenvalue weighted by Gasteiger charge is 2.08. The molecule has 0 aliphatic rings. The van der Waals surface area contributed by atoms with Crippen LogP contribution in [0, 0.1) is 13.8 Å². The topological polar surface area (TPSA) is 37.8 Å². The summed E-state index contributed by atoms with van der Waals surface area (Å²) in [6, 6.07) is 8.15. The van der Waals surface area contributed by atoms with Crippen LogP contribution in [0.1, 0.15) is 23.9 Å². The first-order chi connectivity index (χ1) is 8.60. The second-order valence-corrected chi connectivity index (χ2v) is 4.61. The van der Waals surface area contributed by atoms with Crippen molar-refractivity contribution in [3.05, 3.63) is 46.4 Å². The maximum atomic E-state index is 6.10. The van der Waals surface area contributed by atoms with Gasteiger partial charge in [-0.1, -0.05) is 30.7 Å². The SMILES string of the molecule is CCc1nc(Cl)c(C)c(Nc2cccc(C)c2)n1. The van der Waals surface area contributed by atoms with E-state index >= 15 is 0 Å². The number of hydrogen-bond acceptors (Lipinski definition) is 3. The molecule has 0 radical (unpaired) electrons. The van der Waals surface area contributed by atoms with Crippen molar-refractivity contribution in [2.45, 2.75) is 27.2 Å². The van der Waals surface area contributed by atoms with Crippen LogP contribution in [0.3, 0.4) is 0 Å². The van der Waals surface area contributed by atoms with Crippen molar-refractivity contribution >= 4 is 23.1 Å². The summed E-state index contributed by atoms with van der Waals surface area (Å²) in [5.41, 5.74) is 3.08.